The number of phenols is 1. The first kappa shape index (κ1) is 10.2. The van der Waals surface area contributed by atoms with Gasteiger partial charge in [0.25, 0.3) is 0 Å². The fraction of sp³-hybridized carbons (Fsp3) is 0.125. The third-order valence-electron chi connectivity index (χ3n) is 1.39. The van der Waals surface area contributed by atoms with E-state index in [4.69, 9.17) is 23.2 Å². The number of hydrazone groups is 1. The molecule has 13 heavy (non-hydrogen) atoms. The van der Waals surface area contributed by atoms with Crippen LogP contribution in [-0.2, 0) is 0 Å². The van der Waals surface area contributed by atoms with Gasteiger partial charge in [-0.1, -0.05) is 23.2 Å². The summed E-state index contributed by atoms with van der Waals surface area (Å²) in [5.74, 6) is -0.0231. The number of hydrogen-bond donors (Lipinski definition) is 2. The number of aromatic hydroxyl groups is 1. The van der Waals surface area contributed by atoms with Crippen LogP contribution >= 0.6 is 23.2 Å². The van der Waals surface area contributed by atoms with Gasteiger partial charge in [-0.15, -0.1) is 0 Å². The molecule has 70 valence electrons. The first-order chi connectivity index (χ1) is 6.15. The van der Waals surface area contributed by atoms with Crippen LogP contribution in [0.15, 0.2) is 17.2 Å². The Bertz CT molecular complexity index is 339. The van der Waals surface area contributed by atoms with E-state index >= 15 is 0 Å². The second-order valence-corrected chi connectivity index (χ2v) is 3.15. The summed E-state index contributed by atoms with van der Waals surface area (Å²) >= 11 is 11.4. The lowest BCUT2D eigenvalue weighted by Crippen LogP contribution is -1.95. The molecule has 0 aliphatic heterocycles. The van der Waals surface area contributed by atoms with Crippen LogP contribution in [0, 0.1) is 0 Å². The third kappa shape index (κ3) is 2.50. The SMILES string of the molecule is CN/N=C/c1cc(Cl)cc(Cl)c1O. The molecule has 0 saturated heterocycles. The third-order valence-corrected chi connectivity index (χ3v) is 1.90. The molecule has 3 nitrogen and oxygen atoms in total. The van der Waals surface area contributed by atoms with Crippen LogP contribution in [-0.4, -0.2) is 18.4 Å². The van der Waals surface area contributed by atoms with E-state index in [1.165, 1.54) is 12.3 Å². The van der Waals surface area contributed by atoms with Gasteiger partial charge in [-0.3, -0.25) is 0 Å². The van der Waals surface area contributed by atoms with Gasteiger partial charge in [-0.25, -0.2) is 0 Å². The summed E-state index contributed by atoms with van der Waals surface area (Å²) in [6.45, 7) is 0. The number of halogens is 2. The van der Waals surface area contributed by atoms with Crippen molar-refractivity contribution < 1.29 is 5.11 Å². The predicted octanol–water partition coefficient (Wildman–Crippen LogP) is 2.25. The highest BCUT2D eigenvalue weighted by atomic mass is 35.5. The minimum absolute atomic E-state index is 0.0231. The molecular formula is C8H8Cl2N2O. The van der Waals surface area contributed by atoms with Crippen LogP contribution < -0.4 is 5.43 Å². The van der Waals surface area contributed by atoms with Crippen LogP contribution in [0.1, 0.15) is 5.56 Å². The molecule has 0 amide bonds. The average Bonchev–Trinajstić information content (AvgIpc) is 2.09. The van der Waals surface area contributed by atoms with Crippen molar-refractivity contribution in [3.63, 3.8) is 0 Å². The van der Waals surface area contributed by atoms with Gasteiger partial charge in [-0.05, 0) is 12.1 Å². The summed E-state index contributed by atoms with van der Waals surface area (Å²) in [6, 6.07) is 3.04. The quantitative estimate of drug-likeness (QED) is 0.591. The molecule has 0 aromatic heterocycles. The Hall–Kier alpha value is -0.930. The average molecular weight is 219 g/mol. The van der Waals surface area contributed by atoms with E-state index in [1.807, 2.05) is 0 Å². The summed E-state index contributed by atoms with van der Waals surface area (Å²) in [4.78, 5) is 0. The Morgan fingerprint density at radius 3 is 2.77 bits per heavy atom. The van der Waals surface area contributed by atoms with Crippen molar-refractivity contribution in [2.75, 3.05) is 7.05 Å². The van der Waals surface area contributed by atoms with E-state index in [0.717, 1.165) is 0 Å². The van der Waals surface area contributed by atoms with Crippen LogP contribution in [0.2, 0.25) is 10.0 Å². The van der Waals surface area contributed by atoms with Gasteiger partial charge in [0.05, 0.1) is 11.2 Å². The Balaban J connectivity index is 3.12. The van der Waals surface area contributed by atoms with Gasteiger partial charge >= 0.3 is 0 Å². The standard InChI is InChI=1S/C8H8Cl2N2O/c1-11-12-4-5-2-6(9)3-7(10)8(5)13/h2-4,11,13H,1H3/b12-4+. The maximum absolute atomic E-state index is 9.44. The van der Waals surface area contributed by atoms with Crippen molar-refractivity contribution in [3.8, 4) is 5.75 Å². The summed E-state index contributed by atoms with van der Waals surface area (Å²) < 4.78 is 0. The topological polar surface area (TPSA) is 44.6 Å². The van der Waals surface area contributed by atoms with Crippen molar-refractivity contribution in [2.45, 2.75) is 0 Å². The molecule has 0 heterocycles. The fourth-order valence-corrected chi connectivity index (χ4v) is 1.33. The molecule has 1 aromatic carbocycles. The van der Waals surface area contributed by atoms with Gasteiger partial charge in [0.1, 0.15) is 5.75 Å². The zero-order valence-electron chi connectivity index (χ0n) is 6.88. The summed E-state index contributed by atoms with van der Waals surface area (Å²) in [6.07, 6.45) is 1.44. The van der Waals surface area contributed by atoms with Crippen LogP contribution in [0.4, 0.5) is 0 Å². The Labute approximate surface area is 86.0 Å². The maximum atomic E-state index is 9.44. The molecule has 0 saturated carbocycles. The Morgan fingerprint density at radius 1 is 1.46 bits per heavy atom. The lowest BCUT2D eigenvalue weighted by Gasteiger charge is -2.01. The first-order valence-corrected chi connectivity index (χ1v) is 4.28. The minimum Gasteiger partial charge on any atom is -0.506 e. The molecule has 2 N–H and O–H groups in total. The van der Waals surface area contributed by atoms with Crippen LogP contribution in [0.5, 0.6) is 5.75 Å². The number of rotatable bonds is 2. The highest BCUT2D eigenvalue weighted by Gasteiger charge is 2.05. The zero-order valence-corrected chi connectivity index (χ0v) is 8.39. The maximum Gasteiger partial charge on any atom is 0.143 e. The largest absolute Gasteiger partial charge is 0.506 e. The van der Waals surface area contributed by atoms with E-state index in [1.54, 1.807) is 13.1 Å². The normalized spacial score (nSPS) is 10.7. The van der Waals surface area contributed by atoms with Crippen LogP contribution in [0.25, 0.3) is 0 Å². The number of nitrogens with one attached hydrogen (secondary N) is 1. The number of nitrogens with zero attached hydrogens (tertiary/aromatic N) is 1. The van der Waals surface area contributed by atoms with E-state index < -0.39 is 0 Å². The van der Waals surface area contributed by atoms with Gasteiger partial charge in [0.15, 0.2) is 0 Å². The molecule has 5 heteroatoms. The predicted molar refractivity (Wildman–Crippen MR) is 54.8 cm³/mol. The van der Waals surface area contributed by atoms with E-state index in [9.17, 15) is 5.11 Å². The highest BCUT2D eigenvalue weighted by molar-refractivity contribution is 6.36. The molecule has 0 spiro atoms. The Kier molecular flexibility index (Phi) is 3.39. The number of phenolic OH excluding ortho intramolecular Hbond substituents is 1. The summed E-state index contributed by atoms with van der Waals surface area (Å²) in [5.41, 5.74) is 3.03. The summed E-state index contributed by atoms with van der Waals surface area (Å²) in [7, 11) is 1.65. The smallest absolute Gasteiger partial charge is 0.143 e. The molecule has 0 fully saturated rings. The van der Waals surface area contributed by atoms with Crippen molar-refractivity contribution in [1.29, 1.82) is 0 Å². The molecule has 0 atom stereocenters. The highest BCUT2D eigenvalue weighted by Crippen LogP contribution is 2.29. The molecule has 0 unspecified atom stereocenters. The zero-order chi connectivity index (χ0) is 9.84. The summed E-state index contributed by atoms with van der Waals surface area (Å²) in [5, 5.41) is 13.8. The van der Waals surface area contributed by atoms with E-state index in [-0.39, 0.29) is 10.8 Å². The monoisotopic (exact) mass is 218 g/mol. The van der Waals surface area contributed by atoms with Gasteiger partial charge in [-0.2, -0.15) is 5.10 Å². The van der Waals surface area contributed by atoms with Crippen molar-refractivity contribution in [2.24, 2.45) is 5.10 Å². The van der Waals surface area contributed by atoms with E-state index in [2.05, 4.69) is 10.5 Å². The second kappa shape index (κ2) is 4.35. The Morgan fingerprint density at radius 2 is 2.15 bits per heavy atom. The van der Waals surface area contributed by atoms with Gasteiger partial charge < -0.3 is 10.5 Å². The van der Waals surface area contributed by atoms with Crippen molar-refractivity contribution in [3.05, 3.63) is 27.7 Å². The second-order valence-electron chi connectivity index (χ2n) is 2.31. The van der Waals surface area contributed by atoms with Gasteiger partial charge in [0.2, 0.25) is 0 Å². The molecule has 0 radical (unpaired) electrons. The van der Waals surface area contributed by atoms with Crippen molar-refractivity contribution >= 4 is 29.4 Å². The van der Waals surface area contributed by atoms with Gasteiger partial charge in [0, 0.05) is 17.6 Å². The molecule has 0 aliphatic rings. The number of benzene rings is 1. The molecular weight excluding hydrogens is 211 g/mol. The fourth-order valence-electron chi connectivity index (χ4n) is 0.818. The van der Waals surface area contributed by atoms with E-state index in [0.29, 0.717) is 10.6 Å². The van der Waals surface area contributed by atoms with Crippen molar-refractivity contribution in [1.82, 2.24) is 5.43 Å². The molecule has 1 rings (SSSR count). The first-order valence-electron chi connectivity index (χ1n) is 3.53. The molecule has 0 bridgehead atoms. The minimum atomic E-state index is -0.0231. The molecule has 0 aliphatic carbocycles. The molecule has 1 aromatic rings. The lowest BCUT2D eigenvalue weighted by molar-refractivity contribution is 0.474. The lowest BCUT2D eigenvalue weighted by atomic mass is 10.2. The number of hydrogen-bond acceptors (Lipinski definition) is 3. The van der Waals surface area contributed by atoms with Crippen LogP contribution in [0.3, 0.4) is 0 Å².